The number of anilines is 3. The number of ether oxygens (including phenoxy) is 2. The SMILES string of the molecule is c1ccc(-c2ccccc2-c2ccc3c(c2)Oc2cc(-c4ccc5ccccc5c4)cc4c2N3c2ccc(-c3ccccc3-c3ccccc3)cc2O4)cc1. The predicted molar refractivity (Wildman–Crippen MR) is 226 cm³/mol. The van der Waals surface area contributed by atoms with Gasteiger partial charge in [0.2, 0.25) is 0 Å². The minimum absolute atomic E-state index is 0.755. The number of nitrogens with zero attached hydrogens (tertiary/aromatic N) is 1. The molecule has 0 spiro atoms. The van der Waals surface area contributed by atoms with E-state index in [0.717, 1.165) is 73.4 Å². The van der Waals surface area contributed by atoms with Crippen LogP contribution in [0.4, 0.5) is 17.1 Å². The lowest BCUT2D eigenvalue weighted by molar-refractivity contribution is 0.446. The van der Waals surface area contributed by atoms with Crippen LogP contribution in [-0.2, 0) is 0 Å². The second-order valence-corrected chi connectivity index (χ2v) is 14.1. The minimum atomic E-state index is 0.755. The quantitative estimate of drug-likeness (QED) is 0.178. The van der Waals surface area contributed by atoms with Gasteiger partial charge in [-0.05, 0) is 109 Å². The van der Waals surface area contributed by atoms with Crippen molar-refractivity contribution in [1.82, 2.24) is 0 Å². The van der Waals surface area contributed by atoms with E-state index in [9.17, 15) is 0 Å². The molecule has 0 atom stereocenters. The first-order valence-corrected chi connectivity index (χ1v) is 18.7. The fourth-order valence-electron chi connectivity index (χ4n) is 8.21. The van der Waals surface area contributed by atoms with Gasteiger partial charge in [-0.15, -0.1) is 0 Å². The average Bonchev–Trinajstić information content (AvgIpc) is 3.26. The molecular weight excluding hydrogens is 671 g/mol. The van der Waals surface area contributed by atoms with E-state index in [1.807, 2.05) is 0 Å². The van der Waals surface area contributed by atoms with E-state index in [-0.39, 0.29) is 0 Å². The second-order valence-electron chi connectivity index (χ2n) is 14.1. The molecule has 0 radical (unpaired) electrons. The normalized spacial score (nSPS) is 12.3. The molecule has 11 rings (SSSR count). The van der Waals surface area contributed by atoms with Gasteiger partial charge in [-0.2, -0.15) is 0 Å². The third-order valence-electron chi connectivity index (χ3n) is 10.8. The molecule has 0 aromatic heterocycles. The van der Waals surface area contributed by atoms with Crippen molar-refractivity contribution in [2.24, 2.45) is 0 Å². The molecule has 258 valence electrons. The molecule has 9 aromatic carbocycles. The molecule has 0 bridgehead atoms. The van der Waals surface area contributed by atoms with Gasteiger partial charge in [0.25, 0.3) is 0 Å². The van der Waals surface area contributed by atoms with Gasteiger partial charge in [0, 0.05) is 0 Å². The number of hydrogen-bond acceptors (Lipinski definition) is 3. The van der Waals surface area contributed by atoms with Crippen LogP contribution in [-0.4, -0.2) is 0 Å². The summed E-state index contributed by atoms with van der Waals surface area (Å²) in [6.07, 6.45) is 0. The van der Waals surface area contributed by atoms with Gasteiger partial charge in [0.05, 0.1) is 11.4 Å². The Morgan fingerprint density at radius 3 is 1.22 bits per heavy atom. The topological polar surface area (TPSA) is 21.7 Å². The lowest BCUT2D eigenvalue weighted by atomic mass is 9.93. The maximum Gasteiger partial charge on any atom is 0.156 e. The molecule has 2 heterocycles. The summed E-state index contributed by atoms with van der Waals surface area (Å²) in [5.74, 6) is 3.10. The van der Waals surface area contributed by atoms with E-state index < -0.39 is 0 Å². The summed E-state index contributed by atoms with van der Waals surface area (Å²) >= 11 is 0. The zero-order valence-corrected chi connectivity index (χ0v) is 29.8. The van der Waals surface area contributed by atoms with Crippen molar-refractivity contribution in [3.05, 3.63) is 200 Å². The Labute approximate surface area is 319 Å². The first-order valence-electron chi connectivity index (χ1n) is 18.7. The molecule has 2 aliphatic heterocycles. The van der Waals surface area contributed by atoms with Crippen LogP contribution in [0.1, 0.15) is 0 Å². The van der Waals surface area contributed by atoms with E-state index in [2.05, 4.69) is 205 Å². The largest absolute Gasteiger partial charge is 0.453 e. The molecule has 0 saturated heterocycles. The third kappa shape index (κ3) is 5.28. The Bertz CT molecular complexity index is 2780. The van der Waals surface area contributed by atoms with Crippen LogP contribution in [0.2, 0.25) is 0 Å². The summed E-state index contributed by atoms with van der Waals surface area (Å²) in [6.45, 7) is 0. The monoisotopic (exact) mass is 703 g/mol. The number of hydrogen-bond donors (Lipinski definition) is 0. The third-order valence-corrected chi connectivity index (χ3v) is 10.8. The highest BCUT2D eigenvalue weighted by atomic mass is 16.5. The molecule has 3 heteroatoms. The van der Waals surface area contributed by atoms with E-state index in [0.29, 0.717) is 0 Å². The molecule has 0 unspecified atom stereocenters. The first kappa shape index (κ1) is 31.2. The van der Waals surface area contributed by atoms with Gasteiger partial charge in [-0.1, -0.05) is 158 Å². The number of benzene rings is 9. The van der Waals surface area contributed by atoms with Crippen LogP contribution in [0, 0.1) is 0 Å². The molecule has 0 fully saturated rings. The van der Waals surface area contributed by atoms with Crippen molar-refractivity contribution in [2.75, 3.05) is 4.90 Å². The first-order chi connectivity index (χ1) is 27.2. The van der Waals surface area contributed by atoms with Crippen molar-refractivity contribution in [1.29, 1.82) is 0 Å². The van der Waals surface area contributed by atoms with Gasteiger partial charge >= 0.3 is 0 Å². The Hall–Kier alpha value is -7.36. The van der Waals surface area contributed by atoms with E-state index in [1.54, 1.807) is 0 Å². The van der Waals surface area contributed by atoms with Crippen LogP contribution in [0.3, 0.4) is 0 Å². The standard InChI is InChI=1S/C52H33NO2/c1-3-14-35(15-4-1)42-19-9-11-21-44(42)39-25-27-46-48(30-39)54-50-32-41(38-24-23-34-13-7-8-18-37(34)29-38)33-51-52(50)53(46)47-28-26-40(31-49(47)55-51)45-22-12-10-20-43(45)36-16-5-2-6-17-36/h1-33H. The molecule has 0 saturated carbocycles. The van der Waals surface area contributed by atoms with Gasteiger partial charge in [-0.25, -0.2) is 0 Å². The Kier molecular flexibility index (Phi) is 7.17. The van der Waals surface area contributed by atoms with Crippen LogP contribution >= 0.6 is 0 Å². The van der Waals surface area contributed by atoms with Gasteiger partial charge in [0.1, 0.15) is 5.69 Å². The smallest absolute Gasteiger partial charge is 0.156 e. The summed E-state index contributed by atoms with van der Waals surface area (Å²) in [6, 6.07) is 70.8. The van der Waals surface area contributed by atoms with Crippen molar-refractivity contribution in [2.45, 2.75) is 0 Å². The fraction of sp³-hybridized carbons (Fsp3) is 0. The molecule has 3 nitrogen and oxygen atoms in total. The summed E-state index contributed by atoms with van der Waals surface area (Å²) in [4.78, 5) is 2.31. The van der Waals surface area contributed by atoms with E-state index in [4.69, 9.17) is 9.47 Å². The molecule has 0 N–H and O–H groups in total. The van der Waals surface area contributed by atoms with Crippen molar-refractivity contribution >= 4 is 27.8 Å². The predicted octanol–water partition coefficient (Wildman–Crippen LogP) is 14.9. The lowest BCUT2D eigenvalue weighted by Crippen LogP contribution is -2.20. The maximum absolute atomic E-state index is 6.93. The number of rotatable bonds is 5. The highest BCUT2D eigenvalue weighted by Gasteiger charge is 2.36. The minimum Gasteiger partial charge on any atom is -0.453 e. The summed E-state index contributed by atoms with van der Waals surface area (Å²) < 4.78 is 13.9. The lowest BCUT2D eigenvalue weighted by Gasteiger charge is -2.38. The molecule has 55 heavy (non-hydrogen) atoms. The van der Waals surface area contributed by atoms with Gasteiger partial charge in [0.15, 0.2) is 23.0 Å². The van der Waals surface area contributed by atoms with E-state index in [1.165, 1.54) is 33.0 Å². The molecular formula is C52H33NO2. The average molecular weight is 704 g/mol. The molecule has 2 aliphatic rings. The van der Waals surface area contributed by atoms with Crippen LogP contribution in [0.15, 0.2) is 200 Å². The highest BCUT2D eigenvalue weighted by molar-refractivity contribution is 5.98. The Balaban J connectivity index is 1.09. The Morgan fingerprint density at radius 1 is 0.273 bits per heavy atom. The van der Waals surface area contributed by atoms with Crippen LogP contribution in [0.25, 0.3) is 66.4 Å². The molecule has 0 amide bonds. The number of fused-ring (bicyclic) bond motifs is 5. The zero-order valence-electron chi connectivity index (χ0n) is 29.8. The molecule has 0 aliphatic carbocycles. The highest BCUT2D eigenvalue weighted by Crippen LogP contribution is 2.61. The van der Waals surface area contributed by atoms with Gasteiger partial charge < -0.3 is 9.47 Å². The molecule has 9 aromatic rings. The Morgan fingerprint density at radius 2 is 0.691 bits per heavy atom. The maximum atomic E-state index is 6.93. The summed E-state index contributed by atoms with van der Waals surface area (Å²) in [5, 5.41) is 2.40. The summed E-state index contributed by atoms with van der Waals surface area (Å²) in [7, 11) is 0. The van der Waals surface area contributed by atoms with Crippen LogP contribution < -0.4 is 14.4 Å². The van der Waals surface area contributed by atoms with Crippen LogP contribution in [0.5, 0.6) is 23.0 Å². The van der Waals surface area contributed by atoms with E-state index >= 15 is 0 Å². The zero-order chi connectivity index (χ0) is 36.3. The van der Waals surface area contributed by atoms with Crippen molar-refractivity contribution < 1.29 is 9.47 Å². The van der Waals surface area contributed by atoms with Gasteiger partial charge in [-0.3, -0.25) is 4.90 Å². The second kappa shape index (κ2) is 12.6. The summed E-state index contributed by atoms with van der Waals surface area (Å²) in [5.41, 5.74) is 14.2. The van der Waals surface area contributed by atoms with Crippen molar-refractivity contribution in [3.63, 3.8) is 0 Å². The van der Waals surface area contributed by atoms with Crippen molar-refractivity contribution in [3.8, 4) is 78.6 Å². The fourth-order valence-corrected chi connectivity index (χ4v) is 8.21.